The zero-order chi connectivity index (χ0) is 13.8. The Morgan fingerprint density at radius 3 is 2.58 bits per heavy atom. The summed E-state index contributed by atoms with van der Waals surface area (Å²) in [6.45, 7) is 2.22. The summed E-state index contributed by atoms with van der Waals surface area (Å²) in [5.74, 6) is -0.185. The van der Waals surface area contributed by atoms with Gasteiger partial charge >= 0.3 is 0 Å². The second kappa shape index (κ2) is 6.15. The molecule has 0 aromatic heterocycles. The Bertz CT molecular complexity index is 426. The molecule has 2 rings (SSSR count). The number of hydrogen-bond donors (Lipinski definition) is 1. The van der Waals surface area contributed by atoms with E-state index >= 15 is 0 Å². The maximum absolute atomic E-state index is 12.9. The van der Waals surface area contributed by atoms with Crippen molar-refractivity contribution in [2.45, 2.75) is 51.3 Å². The van der Waals surface area contributed by atoms with Crippen molar-refractivity contribution in [1.82, 2.24) is 4.90 Å². The van der Waals surface area contributed by atoms with Crippen LogP contribution in [0.4, 0.5) is 4.39 Å². The van der Waals surface area contributed by atoms with Crippen molar-refractivity contribution in [2.24, 2.45) is 0 Å². The number of carbonyl (C=O) groups is 1. The molecule has 1 aromatic carbocycles. The van der Waals surface area contributed by atoms with Crippen molar-refractivity contribution in [3.8, 4) is 0 Å². The fraction of sp³-hybridized carbons (Fsp3) is 0.533. The largest absolute Gasteiger partial charge is 0.393 e. The summed E-state index contributed by atoms with van der Waals surface area (Å²) in [4.78, 5) is 14.0. The van der Waals surface area contributed by atoms with E-state index in [0.717, 1.165) is 18.4 Å². The lowest BCUT2D eigenvalue weighted by molar-refractivity contribution is -0.133. The molecule has 1 unspecified atom stereocenters. The van der Waals surface area contributed by atoms with E-state index in [2.05, 4.69) is 0 Å². The van der Waals surface area contributed by atoms with Crippen molar-refractivity contribution in [3.63, 3.8) is 0 Å². The minimum Gasteiger partial charge on any atom is -0.393 e. The molecule has 19 heavy (non-hydrogen) atoms. The lowest BCUT2D eigenvalue weighted by Gasteiger charge is -2.23. The van der Waals surface area contributed by atoms with E-state index in [9.17, 15) is 14.3 Å². The number of aliphatic hydroxyl groups is 1. The zero-order valence-electron chi connectivity index (χ0n) is 11.2. The second-order valence-electron chi connectivity index (χ2n) is 5.27. The molecule has 1 fully saturated rings. The predicted molar refractivity (Wildman–Crippen MR) is 70.9 cm³/mol. The first-order valence-corrected chi connectivity index (χ1v) is 6.78. The van der Waals surface area contributed by atoms with Gasteiger partial charge in [0.15, 0.2) is 0 Å². The minimum absolute atomic E-state index is 0.0766. The molecule has 0 bridgehead atoms. The number of carbonyl (C=O) groups excluding carboxylic acids is 1. The average molecular weight is 265 g/mol. The van der Waals surface area contributed by atoms with Crippen LogP contribution in [0.5, 0.6) is 0 Å². The van der Waals surface area contributed by atoms with Gasteiger partial charge in [-0.05, 0) is 43.9 Å². The molecular formula is C15H20FNO2. The van der Waals surface area contributed by atoms with Crippen LogP contribution in [0.3, 0.4) is 0 Å². The van der Waals surface area contributed by atoms with E-state index in [0.29, 0.717) is 25.4 Å². The van der Waals surface area contributed by atoms with Gasteiger partial charge in [-0.1, -0.05) is 12.1 Å². The standard InChI is InChI=1S/C15H20FNO2/c1-11(18)2-9-15(19)17(14-7-8-14)10-12-3-5-13(16)6-4-12/h3-6,11,14,18H,2,7-10H2,1H3. The Morgan fingerprint density at radius 2 is 2.05 bits per heavy atom. The van der Waals surface area contributed by atoms with Gasteiger partial charge in [-0.25, -0.2) is 4.39 Å². The van der Waals surface area contributed by atoms with Gasteiger partial charge < -0.3 is 10.0 Å². The quantitative estimate of drug-likeness (QED) is 0.858. The van der Waals surface area contributed by atoms with Crippen molar-refractivity contribution >= 4 is 5.91 Å². The van der Waals surface area contributed by atoms with Crippen LogP contribution in [-0.2, 0) is 11.3 Å². The van der Waals surface area contributed by atoms with E-state index in [-0.39, 0.29) is 11.7 Å². The maximum Gasteiger partial charge on any atom is 0.223 e. The number of benzene rings is 1. The molecule has 0 aliphatic heterocycles. The van der Waals surface area contributed by atoms with E-state index < -0.39 is 6.10 Å². The van der Waals surface area contributed by atoms with E-state index in [1.165, 1.54) is 12.1 Å². The lowest BCUT2D eigenvalue weighted by Crippen LogP contribution is -2.32. The molecular weight excluding hydrogens is 245 g/mol. The number of hydrogen-bond acceptors (Lipinski definition) is 2. The lowest BCUT2D eigenvalue weighted by atomic mass is 10.1. The van der Waals surface area contributed by atoms with Crippen LogP contribution in [-0.4, -0.2) is 28.1 Å². The highest BCUT2D eigenvalue weighted by atomic mass is 19.1. The normalized spacial score (nSPS) is 16.2. The predicted octanol–water partition coefficient (Wildman–Crippen LogP) is 2.48. The Morgan fingerprint density at radius 1 is 1.42 bits per heavy atom. The van der Waals surface area contributed by atoms with Crippen LogP contribution < -0.4 is 0 Å². The molecule has 1 atom stereocenters. The monoisotopic (exact) mass is 265 g/mol. The van der Waals surface area contributed by atoms with Crippen LogP contribution in [0.25, 0.3) is 0 Å². The molecule has 1 aromatic rings. The molecule has 1 amide bonds. The third-order valence-corrected chi connectivity index (χ3v) is 3.35. The van der Waals surface area contributed by atoms with Crippen molar-refractivity contribution in [1.29, 1.82) is 0 Å². The van der Waals surface area contributed by atoms with Gasteiger partial charge in [-0.15, -0.1) is 0 Å². The molecule has 0 radical (unpaired) electrons. The summed E-state index contributed by atoms with van der Waals surface area (Å²) < 4.78 is 12.9. The molecule has 0 spiro atoms. The first kappa shape index (κ1) is 14.0. The van der Waals surface area contributed by atoms with Crippen LogP contribution >= 0.6 is 0 Å². The molecule has 1 aliphatic carbocycles. The summed E-state index contributed by atoms with van der Waals surface area (Å²) in [5, 5.41) is 9.25. The van der Waals surface area contributed by atoms with Crippen LogP contribution in [0, 0.1) is 5.82 Å². The number of aliphatic hydroxyl groups excluding tert-OH is 1. The average Bonchev–Trinajstić information content (AvgIpc) is 3.19. The summed E-state index contributed by atoms with van der Waals surface area (Å²) in [5.41, 5.74) is 0.943. The first-order valence-electron chi connectivity index (χ1n) is 6.78. The molecule has 3 nitrogen and oxygen atoms in total. The van der Waals surface area contributed by atoms with Gasteiger partial charge in [0, 0.05) is 19.0 Å². The molecule has 4 heteroatoms. The highest BCUT2D eigenvalue weighted by Gasteiger charge is 2.32. The summed E-state index contributed by atoms with van der Waals surface area (Å²) >= 11 is 0. The van der Waals surface area contributed by atoms with E-state index in [1.807, 2.05) is 4.90 Å². The molecule has 1 N–H and O–H groups in total. The third kappa shape index (κ3) is 4.31. The smallest absolute Gasteiger partial charge is 0.223 e. The van der Waals surface area contributed by atoms with Gasteiger partial charge in [-0.2, -0.15) is 0 Å². The second-order valence-corrected chi connectivity index (χ2v) is 5.27. The Labute approximate surface area is 113 Å². The summed E-state index contributed by atoms with van der Waals surface area (Å²) in [7, 11) is 0. The van der Waals surface area contributed by atoms with E-state index in [4.69, 9.17) is 0 Å². The van der Waals surface area contributed by atoms with Gasteiger partial charge in [0.1, 0.15) is 5.82 Å². The third-order valence-electron chi connectivity index (χ3n) is 3.35. The highest BCUT2D eigenvalue weighted by molar-refractivity contribution is 5.76. The Kier molecular flexibility index (Phi) is 4.53. The maximum atomic E-state index is 12.9. The van der Waals surface area contributed by atoms with Gasteiger partial charge in [0.25, 0.3) is 0 Å². The fourth-order valence-electron chi connectivity index (χ4n) is 2.07. The topological polar surface area (TPSA) is 40.5 Å². The first-order chi connectivity index (χ1) is 9.06. The van der Waals surface area contributed by atoms with E-state index in [1.54, 1.807) is 19.1 Å². The van der Waals surface area contributed by atoms with Gasteiger partial charge in [0.05, 0.1) is 6.10 Å². The number of halogens is 1. The minimum atomic E-state index is -0.448. The molecule has 1 saturated carbocycles. The zero-order valence-corrected chi connectivity index (χ0v) is 11.2. The fourth-order valence-corrected chi connectivity index (χ4v) is 2.07. The number of nitrogens with zero attached hydrogens (tertiary/aromatic N) is 1. The molecule has 104 valence electrons. The number of rotatable bonds is 6. The summed E-state index contributed by atoms with van der Waals surface area (Å²) in [6.07, 6.45) is 2.50. The van der Waals surface area contributed by atoms with Crippen LogP contribution in [0.15, 0.2) is 24.3 Å². The Balaban J connectivity index is 1.96. The highest BCUT2D eigenvalue weighted by Crippen LogP contribution is 2.29. The molecule has 0 saturated heterocycles. The van der Waals surface area contributed by atoms with Gasteiger partial charge in [0.2, 0.25) is 5.91 Å². The van der Waals surface area contributed by atoms with Crippen molar-refractivity contribution in [3.05, 3.63) is 35.6 Å². The summed E-state index contributed by atoms with van der Waals surface area (Å²) in [6, 6.07) is 6.59. The van der Waals surface area contributed by atoms with Crippen molar-refractivity contribution < 1.29 is 14.3 Å². The number of amides is 1. The molecule has 0 heterocycles. The molecule has 1 aliphatic rings. The Hall–Kier alpha value is -1.42. The van der Waals surface area contributed by atoms with Crippen LogP contribution in [0.1, 0.15) is 38.2 Å². The van der Waals surface area contributed by atoms with Crippen molar-refractivity contribution in [2.75, 3.05) is 0 Å². The van der Waals surface area contributed by atoms with Crippen LogP contribution in [0.2, 0.25) is 0 Å². The SMILES string of the molecule is CC(O)CCC(=O)N(Cc1ccc(F)cc1)C1CC1. The van der Waals surface area contributed by atoms with Gasteiger partial charge in [-0.3, -0.25) is 4.79 Å².